The van der Waals surface area contributed by atoms with E-state index >= 15 is 0 Å². The standard InChI is InChI=1S/C22H38O4S.Na/c1-4-7-9-11-15-19-17-13-18-20(16-12-10-8-5-2)22(19)26-21(14-6-3)27(23,24)25;/h13,17-18,21H,4-12,14-16H2,1-3H3,(H,23,24,25);/q;+1/p-1. The third-order valence-corrected chi connectivity index (χ3v) is 5.85. The Hall–Kier alpha value is -0.0700. The van der Waals surface area contributed by atoms with Crippen LogP contribution in [0, 0.1) is 0 Å². The molecule has 0 N–H and O–H groups in total. The maximum absolute atomic E-state index is 11.7. The van der Waals surface area contributed by atoms with Crippen LogP contribution in [0.25, 0.3) is 0 Å². The number of para-hydroxylation sites is 1. The quantitative estimate of drug-likeness (QED) is 0.249. The minimum atomic E-state index is -4.49. The Morgan fingerprint density at radius 3 is 1.75 bits per heavy atom. The average Bonchev–Trinajstić information content (AvgIpc) is 2.62. The van der Waals surface area contributed by atoms with Crippen LogP contribution in [0.5, 0.6) is 5.75 Å². The Kier molecular flexibility index (Phi) is 15.7. The van der Waals surface area contributed by atoms with Crippen LogP contribution in [0.15, 0.2) is 18.2 Å². The van der Waals surface area contributed by atoms with Crippen LogP contribution >= 0.6 is 0 Å². The summed E-state index contributed by atoms with van der Waals surface area (Å²) in [5.74, 6) is 0.642. The maximum atomic E-state index is 11.7. The van der Waals surface area contributed by atoms with Gasteiger partial charge in [-0.1, -0.05) is 83.9 Å². The number of unbranched alkanes of at least 4 members (excludes halogenated alkanes) is 6. The number of rotatable bonds is 15. The van der Waals surface area contributed by atoms with Gasteiger partial charge in [-0.25, -0.2) is 8.42 Å². The van der Waals surface area contributed by atoms with Crippen LogP contribution in [-0.2, 0) is 23.0 Å². The predicted molar refractivity (Wildman–Crippen MR) is 111 cm³/mol. The summed E-state index contributed by atoms with van der Waals surface area (Å²) >= 11 is 0. The SMILES string of the molecule is CCCCCCc1cccc(CCCCCC)c1OC(CCC)S(=O)(=O)[O-].[Na+]. The summed E-state index contributed by atoms with van der Waals surface area (Å²) in [6, 6.07) is 6.05. The molecule has 0 aliphatic rings. The molecule has 1 rings (SSSR count). The molecule has 0 fully saturated rings. The summed E-state index contributed by atoms with van der Waals surface area (Å²) in [4.78, 5) is 0. The second-order valence-corrected chi connectivity index (χ2v) is 8.87. The fourth-order valence-corrected chi connectivity index (χ4v) is 4.04. The summed E-state index contributed by atoms with van der Waals surface area (Å²) < 4.78 is 40.9. The van der Waals surface area contributed by atoms with Crippen molar-refractivity contribution in [1.29, 1.82) is 0 Å². The molecule has 1 atom stereocenters. The van der Waals surface area contributed by atoms with Gasteiger partial charge in [-0.15, -0.1) is 0 Å². The van der Waals surface area contributed by atoms with Crippen molar-refractivity contribution in [3.63, 3.8) is 0 Å². The molecule has 0 saturated carbocycles. The monoisotopic (exact) mass is 420 g/mol. The van der Waals surface area contributed by atoms with E-state index in [9.17, 15) is 13.0 Å². The van der Waals surface area contributed by atoms with E-state index < -0.39 is 15.6 Å². The van der Waals surface area contributed by atoms with Gasteiger partial charge in [-0.2, -0.15) is 0 Å². The molecule has 1 unspecified atom stereocenters. The van der Waals surface area contributed by atoms with Crippen LogP contribution in [0.2, 0.25) is 0 Å². The molecule has 6 heteroatoms. The molecule has 156 valence electrons. The van der Waals surface area contributed by atoms with Crippen LogP contribution in [0.3, 0.4) is 0 Å². The van der Waals surface area contributed by atoms with Gasteiger partial charge in [0.2, 0.25) is 0 Å². The molecule has 0 heterocycles. The van der Waals surface area contributed by atoms with Crippen LogP contribution < -0.4 is 34.3 Å². The summed E-state index contributed by atoms with van der Waals surface area (Å²) in [5.41, 5.74) is 0.765. The summed E-state index contributed by atoms with van der Waals surface area (Å²) in [7, 11) is -4.49. The summed E-state index contributed by atoms with van der Waals surface area (Å²) in [5, 5.41) is 0. The van der Waals surface area contributed by atoms with Crippen molar-refractivity contribution in [3.8, 4) is 5.75 Å². The number of ether oxygens (including phenoxy) is 1. The largest absolute Gasteiger partial charge is 1.00 e. The van der Waals surface area contributed by atoms with Crippen molar-refractivity contribution < 1.29 is 47.3 Å². The van der Waals surface area contributed by atoms with Crippen molar-refractivity contribution in [3.05, 3.63) is 29.3 Å². The number of benzene rings is 1. The van der Waals surface area contributed by atoms with Gasteiger partial charge in [-0.05, 0) is 43.2 Å². The molecule has 4 nitrogen and oxygen atoms in total. The molecule has 0 amide bonds. The molecule has 0 saturated heterocycles. The van der Waals surface area contributed by atoms with Gasteiger partial charge in [0.15, 0.2) is 5.44 Å². The van der Waals surface area contributed by atoms with E-state index in [1.165, 1.54) is 25.7 Å². The molecule has 0 spiro atoms. The van der Waals surface area contributed by atoms with Crippen molar-refractivity contribution >= 4 is 10.1 Å². The van der Waals surface area contributed by atoms with Crippen LogP contribution in [0.4, 0.5) is 0 Å². The molecule has 0 aliphatic heterocycles. The first-order valence-electron chi connectivity index (χ1n) is 10.7. The van der Waals surface area contributed by atoms with E-state index in [2.05, 4.69) is 13.8 Å². The third-order valence-electron chi connectivity index (χ3n) is 4.87. The molecule has 0 aliphatic carbocycles. The fraction of sp³-hybridized carbons (Fsp3) is 0.727. The van der Waals surface area contributed by atoms with Gasteiger partial charge in [0.1, 0.15) is 15.9 Å². The first-order chi connectivity index (χ1) is 12.9. The Bertz CT molecular complexity index is 601. The first-order valence-corrected chi connectivity index (χ1v) is 12.1. The van der Waals surface area contributed by atoms with Crippen molar-refractivity contribution in [2.24, 2.45) is 0 Å². The number of hydrogen-bond acceptors (Lipinski definition) is 4. The van der Waals surface area contributed by atoms with Crippen LogP contribution in [0.1, 0.15) is 96.1 Å². The minimum Gasteiger partial charge on any atom is -0.745 e. The number of hydrogen-bond donors (Lipinski definition) is 0. The molecular weight excluding hydrogens is 383 g/mol. The van der Waals surface area contributed by atoms with E-state index in [0.29, 0.717) is 12.2 Å². The van der Waals surface area contributed by atoms with Gasteiger partial charge >= 0.3 is 29.6 Å². The van der Waals surface area contributed by atoms with Gasteiger partial charge in [0.25, 0.3) is 0 Å². The van der Waals surface area contributed by atoms with Gasteiger partial charge in [0, 0.05) is 0 Å². The van der Waals surface area contributed by atoms with E-state index in [1.54, 1.807) is 0 Å². The average molecular weight is 421 g/mol. The molecule has 1 aromatic rings. The Labute approximate surface area is 194 Å². The summed E-state index contributed by atoms with van der Waals surface area (Å²) in [6.07, 6.45) is 11.7. The fourth-order valence-electron chi connectivity index (χ4n) is 3.30. The predicted octanol–water partition coefficient (Wildman–Crippen LogP) is 2.99. The first kappa shape index (κ1) is 27.9. The second kappa shape index (κ2) is 15.7. The van der Waals surface area contributed by atoms with E-state index in [1.807, 2.05) is 25.1 Å². The smallest absolute Gasteiger partial charge is 0.745 e. The molecule has 0 radical (unpaired) electrons. The molecule has 0 bridgehead atoms. The molecule has 28 heavy (non-hydrogen) atoms. The molecule has 0 aromatic heterocycles. The van der Waals surface area contributed by atoms with Crippen molar-refractivity contribution in [2.45, 2.75) is 103 Å². The van der Waals surface area contributed by atoms with Crippen molar-refractivity contribution in [1.82, 2.24) is 0 Å². The van der Waals surface area contributed by atoms with Crippen molar-refractivity contribution in [2.75, 3.05) is 0 Å². The summed E-state index contributed by atoms with van der Waals surface area (Å²) in [6.45, 7) is 6.23. The Morgan fingerprint density at radius 2 is 1.36 bits per heavy atom. The molecular formula is C22H37NaO4S. The zero-order valence-corrected chi connectivity index (χ0v) is 21.2. The zero-order chi connectivity index (χ0) is 20.1. The normalized spacial score (nSPS) is 12.4. The number of aryl methyl sites for hydroxylation is 2. The molecule has 1 aromatic carbocycles. The van der Waals surface area contributed by atoms with E-state index in [-0.39, 0.29) is 36.0 Å². The maximum Gasteiger partial charge on any atom is 1.00 e. The Morgan fingerprint density at radius 1 is 0.857 bits per heavy atom. The minimum absolute atomic E-state index is 0. The van der Waals surface area contributed by atoms with Gasteiger partial charge in [0.05, 0.1) is 0 Å². The third kappa shape index (κ3) is 10.6. The van der Waals surface area contributed by atoms with E-state index in [0.717, 1.165) is 49.7 Å². The second-order valence-electron chi connectivity index (χ2n) is 7.36. The van der Waals surface area contributed by atoms with E-state index in [4.69, 9.17) is 4.74 Å². The van der Waals surface area contributed by atoms with Gasteiger partial charge < -0.3 is 9.29 Å². The van der Waals surface area contributed by atoms with Crippen LogP contribution in [-0.4, -0.2) is 18.4 Å². The van der Waals surface area contributed by atoms with Gasteiger partial charge in [-0.3, -0.25) is 0 Å². The zero-order valence-electron chi connectivity index (χ0n) is 18.3. The Balaban J connectivity index is 0.00000729. The topological polar surface area (TPSA) is 66.4 Å².